The predicted molar refractivity (Wildman–Crippen MR) is 107 cm³/mol. The van der Waals surface area contributed by atoms with Crippen LogP contribution in [0.3, 0.4) is 0 Å². The second-order valence-corrected chi connectivity index (χ2v) is 7.72. The zero-order valence-corrected chi connectivity index (χ0v) is 16.0. The van der Waals surface area contributed by atoms with Gasteiger partial charge in [-0.25, -0.2) is 0 Å². The number of amides is 2. The van der Waals surface area contributed by atoms with Crippen molar-refractivity contribution < 1.29 is 14.0 Å². The molecular formula is C22H27N3O3. The maximum atomic E-state index is 12.7. The van der Waals surface area contributed by atoms with Gasteiger partial charge in [-0.15, -0.1) is 0 Å². The van der Waals surface area contributed by atoms with Crippen molar-refractivity contribution in [2.75, 3.05) is 25.0 Å². The van der Waals surface area contributed by atoms with Crippen molar-refractivity contribution in [2.24, 2.45) is 5.92 Å². The fourth-order valence-corrected chi connectivity index (χ4v) is 4.48. The number of hydrogen-bond donors (Lipinski definition) is 2. The van der Waals surface area contributed by atoms with Gasteiger partial charge in [-0.2, -0.15) is 0 Å². The average Bonchev–Trinajstić information content (AvgIpc) is 3.27. The van der Waals surface area contributed by atoms with Gasteiger partial charge in [-0.1, -0.05) is 12.5 Å². The van der Waals surface area contributed by atoms with Crippen LogP contribution in [0.5, 0.6) is 0 Å². The van der Waals surface area contributed by atoms with Gasteiger partial charge in [0.25, 0.3) is 11.8 Å². The lowest BCUT2D eigenvalue weighted by Gasteiger charge is -2.44. The summed E-state index contributed by atoms with van der Waals surface area (Å²) in [4.78, 5) is 27.4. The molecule has 1 aromatic heterocycles. The third kappa shape index (κ3) is 4.28. The Balaban J connectivity index is 1.35. The van der Waals surface area contributed by atoms with Crippen LogP contribution < -0.4 is 10.6 Å². The lowest BCUT2D eigenvalue weighted by Crippen LogP contribution is -2.51. The van der Waals surface area contributed by atoms with E-state index >= 15 is 0 Å². The highest BCUT2D eigenvalue weighted by Crippen LogP contribution is 2.30. The summed E-state index contributed by atoms with van der Waals surface area (Å²) in [5.41, 5.74) is 1.12. The molecule has 0 aliphatic carbocycles. The topological polar surface area (TPSA) is 74.6 Å². The Kier molecular flexibility index (Phi) is 5.76. The average molecular weight is 381 g/mol. The number of piperidine rings is 2. The Bertz CT molecular complexity index is 816. The molecule has 2 aliphatic rings. The molecule has 0 saturated carbocycles. The number of fused-ring (bicyclic) bond motifs is 1. The van der Waals surface area contributed by atoms with E-state index in [4.69, 9.17) is 4.42 Å². The van der Waals surface area contributed by atoms with Crippen LogP contribution in [0, 0.1) is 5.92 Å². The van der Waals surface area contributed by atoms with Gasteiger partial charge in [-0.3, -0.25) is 9.59 Å². The lowest BCUT2D eigenvalue weighted by molar-refractivity contribution is 0.0575. The summed E-state index contributed by atoms with van der Waals surface area (Å²) >= 11 is 0. The first-order valence-electron chi connectivity index (χ1n) is 10.2. The first-order valence-corrected chi connectivity index (χ1v) is 10.2. The minimum absolute atomic E-state index is 0.0953. The molecule has 2 unspecified atom stereocenters. The van der Waals surface area contributed by atoms with E-state index in [0.717, 1.165) is 0 Å². The summed E-state index contributed by atoms with van der Waals surface area (Å²) < 4.78 is 5.10. The minimum atomic E-state index is -0.331. The molecule has 0 bridgehead atoms. The number of carbonyl (C=O) groups excluding carboxylic acids is 2. The zero-order chi connectivity index (χ0) is 19.3. The molecule has 2 atom stereocenters. The van der Waals surface area contributed by atoms with Crippen molar-refractivity contribution in [2.45, 2.75) is 38.1 Å². The molecule has 2 saturated heterocycles. The monoisotopic (exact) mass is 381 g/mol. The van der Waals surface area contributed by atoms with E-state index in [-0.39, 0.29) is 17.6 Å². The third-order valence-electron chi connectivity index (χ3n) is 5.88. The molecule has 2 aromatic rings. The number of nitrogens with zero attached hydrogens (tertiary/aromatic N) is 1. The summed E-state index contributed by atoms with van der Waals surface area (Å²) in [6, 6.07) is 10.9. The predicted octanol–water partition coefficient (Wildman–Crippen LogP) is 3.53. The molecule has 0 spiro atoms. The largest absolute Gasteiger partial charge is 0.459 e. The fourth-order valence-electron chi connectivity index (χ4n) is 4.48. The van der Waals surface area contributed by atoms with Gasteiger partial charge >= 0.3 is 0 Å². The van der Waals surface area contributed by atoms with Gasteiger partial charge in [0.15, 0.2) is 5.76 Å². The van der Waals surface area contributed by atoms with Crippen LogP contribution in [0.25, 0.3) is 0 Å². The molecule has 2 fully saturated rings. The normalized spacial score (nSPS) is 22.3. The Morgan fingerprint density at radius 2 is 1.93 bits per heavy atom. The summed E-state index contributed by atoms with van der Waals surface area (Å²) in [6.07, 6.45) is 7.69. The number of carbonyl (C=O) groups is 2. The number of nitrogens with one attached hydrogen (secondary N) is 2. The molecular weight excluding hydrogens is 354 g/mol. The molecule has 0 radical (unpaired) electrons. The second kappa shape index (κ2) is 8.61. The van der Waals surface area contributed by atoms with Gasteiger partial charge in [0.2, 0.25) is 0 Å². The second-order valence-electron chi connectivity index (χ2n) is 7.72. The van der Waals surface area contributed by atoms with Crippen LogP contribution in [0.1, 0.15) is 53.0 Å². The fraction of sp³-hybridized carbons (Fsp3) is 0.455. The lowest BCUT2D eigenvalue weighted by atomic mass is 9.83. The van der Waals surface area contributed by atoms with E-state index in [1.165, 1.54) is 51.5 Å². The van der Waals surface area contributed by atoms with Crippen LogP contribution >= 0.6 is 0 Å². The van der Waals surface area contributed by atoms with Crippen molar-refractivity contribution in [3.8, 4) is 0 Å². The van der Waals surface area contributed by atoms with Crippen molar-refractivity contribution in [1.82, 2.24) is 10.2 Å². The van der Waals surface area contributed by atoms with E-state index in [0.29, 0.717) is 29.8 Å². The molecule has 6 heteroatoms. The van der Waals surface area contributed by atoms with Crippen LogP contribution in [-0.4, -0.2) is 42.4 Å². The van der Waals surface area contributed by atoms with Gasteiger partial charge in [0.1, 0.15) is 0 Å². The number of benzene rings is 1. The van der Waals surface area contributed by atoms with Crippen LogP contribution in [0.15, 0.2) is 47.1 Å². The smallest absolute Gasteiger partial charge is 0.291 e. The highest BCUT2D eigenvalue weighted by molar-refractivity contribution is 6.03. The SMILES string of the molecule is O=C(NCC1CCCN2CCCCC12)c1cccc(NC(=O)c2ccco2)c1. The molecule has 1 aromatic carbocycles. The molecule has 2 N–H and O–H groups in total. The van der Waals surface area contributed by atoms with Crippen molar-refractivity contribution >= 4 is 17.5 Å². The van der Waals surface area contributed by atoms with E-state index in [1.807, 2.05) is 0 Å². The Morgan fingerprint density at radius 1 is 1.04 bits per heavy atom. The summed E-state index contributed by atoms with van der Waals surface area (Å²) in [6.45, 7) is 3.11. The Labute approximate surface area is 165 Å². The van der Waals surface area contributed by atoms with Gasteiger partial charge in [0.05, 0.1) is 6.26 Å². The van der Waals surface area contributed by atoms with Crippen molar-refractivity contribution in [1.29, 1.82) is 0 Å². The van der Waals surface area contributed by atoms with E-state index in [2.05, 4.69) is 15.5 Å². The maximum absolute atomic E-state index is 12.7. The zero-order valence-electron chi connectivity index (χ0n) is 16.0. The molecule has 2 aliphatic heterocycles. The van der Waals surface area contributed by atoms with E-state index < -0.39 is 0 Å². The van der Waals surface area contributed by atoms with Crippen molar-refractivity contribution in [3.05, 3.63) is 54.0 Å². The number of furan rings is 1. The number of hydrogen-bond acceptors (Lipinski definition) is 4. The van der Waals surface area contributed by atoms with Crippen LogP contribution in [-0.2, 0) is 0 Å². The Morgan fingerprint density at radius 3 is 2.79 bits per heavy atom. The molecule has 148 valence electrons. The molecule has 2 amide bonds. The van der Waals surface area contributed by atoms with Gasteiger partial charge in [-0.05, 0) is 75.0 Å². The minimum Gasteiger partial charge on any atom is -0.459 e. The Hall–Kier alpha value is -2.60. The standard InChI is InChI=1S/C22H27N3O3/c26-21(23-15-17-7-4-12-25-11-2-1-9-19(17)25)16-6-3-8-18(14-16)24-22(27)20-10-5-13-28-20/h3,5-6,8,10,13-14,17,19H,1-2,4,7,9,11-12,15H2,(H,23,26)(H,24,27). The maximum Gasteiger partial charge on any atom is 0.291 e. The van der Waals surface area contributed by atoms with E-state index in [1.54, 1.807) is 36.4 Å². The van der Waals surface area contributed by atoms with Crippen molar-refractivity contribution in [3.63, 3.8) is 0 Å². The quantitative estimate of drug-likeness (QED) is 0.831. The number of rotatable bonds is 5. The highest BCUT2D eigenvalue weighted by atomic mass is 16.3. The first kappa shape index (κ1) is 18.7. The molecule has 4 rings (SSSR count). The highest BCUT2D eigenvalue weighted by Gasteiger charge is 2.32. The number of anilines is 1. The van der Waals surface area contributed by atoms with Gasteiger partial charge < -0.3 is 20.0 Å². The third-order valence-corrected chi connectivity index (χ3v) is 5.88. The summed E-state index contributed by atoms with van der Waals surface area (Å²) in [7, 11) is 0. The molecule has 6 nitrogen and oxygen atoms in total. The van der Waals surface area contributed by atoms with E-state index in [9.17, 15) is 9.59 Å². The van der Waals surface area contributed by atoms with Gasteiger partial charge in [0, 0.05) is 23.8 Å². The van der Waals surface area contributed by atoms with Crippen LogP contribution in [0.2, 0.25) is 0 Å². The molecule has 28 heavy (non-hydrogen) atoms. The first-order chi connectivity index (χ1) is 13.7. The summed E-state index contributed by atoms with van der Waals surface area (Å²) in [5, 5.41) is 5.88. The summed E-state index contributed by atoms with van der Waals surface area (Å²) in [5.74, 6) is 0.341. The van der Waals surface area contributed by atoms with Crippen LogP contribution in [0.4, 0.5) is 5.69 Å². The molecule has 3 heterocycles.